The average molecular weight is 254 g/mol. The second kappa shape index (κ2) is 7.86. The maximum Gasteiger partial charge on any atom is 1.00 e. The molecule has 1 aromatic rings. The second-order valence-corrected chi connectivity index (χ2v) is 2.68. The number of carboxylic acids is 3. The van der Waals surface area contributed by atoms with E-state index in [1.54, 1.807) is 0 Å². The molecule has 0 spiro atoms. The SMILES string of the molecule is O=C([O-])c1cc(C(=O)[O-])cc(C(=O)O)c1.[Na+].[Na+]. The quantitative estimate of drug-likeness (QED) is 0.535. The van der Waals surface area contributed by atoms with Gasteiger partial charge >= 0.3 is 65.1 Å². The Bertz CT molecular complexity index is 378. The minimum atomic E-state index is -1.65. The van der Waals surface area contributed by atoms with Crippen molar-refractivity contribution in [3.8, 4) is 0 Å². The number of carboxylic acid groups (broad SMARTS) is 3. The number of benzene rings is 1. The monoisotopic (exact) mass is 254 g/mol. The maximum atomic E-state index is 10.5. The van der Waals surface area contributed by atoms with Crippen molar-refractivity contribution in [2.24, 2.45) is 0 Å². The fourth-order valence-corrected chi connectivity index (χ4v) is 0.987. The summed E-state index contributed by atoms with van der Waals surface area (Å²) >= 11 is 0. The summed E-state index contributed by atoms with van der Waals surface area (Å²) in [5.41, 5.74) is -1.49. The van der Waals surface area contributed by atoms with Gasteiger partial charge in [0.2, 0.25) is 0 Å². The van der Waals surface area contributed by atoms with Gasteiger partial charge in [-0.3, -0.25) is 0 Å². The Morgan fingerprint density at radius 3 is 1.35 bits per heavy atom. The summed E-state index contributed by atoms with van der Waals surface area (Å²) in [7, 11) is 0. The van der Waals surface area contributed by atoms with E-state index in [1.807, 2.05) is 0 Å². The molecular formula is C9H4Na2O6. The third kappa shape index (κ3) is 5.20. The van der Waals surface area contributed by atoms with Gasteiger partial charge in [0.05, 0.1) is 17.5 Å². The van der Waals surface area contributed by atoms with Crippen LogP contribution in [0, 0.1) is 0 Å². The predicted molar refractivity (Wildman–Crippen MR) is 42.1 cm³/mol. The molecule has 17 heavy (non-hydrogen) atoms. The second-order valence-electron chi connectivity index (χ2n) is 2.68. The number of carbonyl (C=O) groups excluding carboxylic acids is 2. The number of carbonyl (C=O) groups is 3. The molecule has 78 valence electrons. The summed E-state index contributed by atoms with van der Waals surface area (Å²) in [6.07, 6.45) is 0. The zero-order valence-electron chi connectivity index (χ0n) is 9.22. The van der Waals surface area contributed by atoms with Crippen LogP contribution in [0.25, 0.3) is 0 Å². The molecule has 0 saturated heterocycles. The van der Waals surface area contributed by atoms with E-state index in [0.717, 1.165) is 18.2 Å². The first-order valence-corrected chi connectivity index (χ1v) is 3.73. The van der Waals surface area contributed by atoms with E-state index in [2.05, 4.69) is 0 Å². The molecule has 0 aliphatic rings. The van der Waals surface area contributed by atoms with Crippen molar-refractivity contribution in [1.29, 1.82) is 0 Å². The molecule has 0 bridgehead atoms. The Hall–Kier alpha value is -0.370. The largest absolute Gasteiger partial charge is 1.00 e. The molecular weight excluding hydrogens is 250 g/mol. The Kier molecular flexibility index (Phi) is 8.78. The third-order valence-corrected chi connectivity index (χ3v) is 1.65. The molecule has 1 aromatic carbocycles. The number of rotatable bonds is 3. The minimum Gasteiger partial charge on any atom is -0.545 e. The van der Waals surface area contributed by atoms with Crippen molar-refractivity contribution in [3.63, 3.8) is 0 Å². The van der Waals surface area contributed by atoms with Crippen LogP contribution in [0.15, 0.2) is 18.2 Å². The van der Waals surface area contributed by atoms with Gasteiger partial charge in [0.15, 0.2) is 0 Å². The summed E-state index contributed by atoms with van der Waals surface area (Å²) < 4.78 is 0. The molecule has 0 amide bonds. The van der Waals surface area contributed by atoms with Gasteiger partial charge in [0, 0.05) is 0 Å². The molecule has 0 fully saturated rings. The van der Waals surface area contributed by atoms with Crippen LogP contribution in [-0.4, -0.2) is 23.0 Å². The average Bonchev–Trinajstić information content (AvgIpc) is 2.16. The van der Waals surface area contributed by atoms with Gasteiger partial charge in [-0.2, -0.15) is 0 Å². The first-order chi connectivity index (χ1) is 6.91. The Labute approximate surface area is 140 Å². The van der Waals surface area contributed by atoms with Gasteiger partial charge in [-0.25, -0.2) is 4.79 Å². The van der Waals surface area contributed by atoms with Gasteiger partial charge in [0.1, 0.15) is 0 Å². The van der Waals surface area contributed by atoms with Crippen LogP contribution >= 0.6 is 0 Å². The van der Waals surface area contributed by atoms with Crippen LogP contribution in [0.5, 0.6) is 0 Å². The maximum absolute atomic E-state index is 10.5. The fraction of sp³-hybridized carbons (Fsp3) is 0. The van der Waals surface area contributed by atoms with E-state index in [1.165, 1.54) is 0 Å². The molecule has 0 aliphatic carbocycles. The summed E-state index contributed by atoms with van der Waals surface area (Å²) in [6.45, 7) is 0. The molecule has 0 unspecified atom stereocenters. The fourth-order valence-electron chi connectivity index (χ4n) is 0.987. The number of hydrogen-bond acceptors (Lipinski definition) is 5. The van der Waals surface area contributed by atoms with E-state index in [4.69, 9.17) is 5.11 Å². The van der Waals surface area contributed by atoms with Crippen LogP contribution in [0.1, 0.15) is 31.1 Å². The van der Waals surface area contributed by atoms with E-state index >= 15 is 0 Å². The first-order valence-electron chi connectivity index (χ1n) is 3.73. The zero-order chi connectivity index (χ0) is 11.6. The van der Waals surface area contributed by atoms with Gasteiger partial charge < -0.3 is 24.9 Å². The van der Waals surface area contributed by atoms with Crippen molar-refractivity contribution < 1.29 is 88.8 Å². The zero-order valence-corrected chi connectivity index (χ0v) is 13.2. The Balaban J connectivity index is 0. The van der Waals surface area contributed by atoms with E-state index in [0.29, 0.717) is 0 Å². The van der Waals surface area contributed by atoms with E-state index in [9.17, 15) is 24.6 Å². The van der Waals surface area contributed by atoms with Crippen molar-refractivity contribution in [3.05, 3.63) is 34.9 Å². The van der Waals surface area contributed by atoms with Gasteiger partial charge in [0.25, 0.3) is 0 Å². The predicted octanol–water partition coefficient (Wildman–Crippen LogP) is -7.88. The van der Waals surface area contributed by atoms with Gasteiger partial charge in [-0.15, -0.1) is 0 Å². The van der Waals surface area contributed by atoms with Crippen LogP contribution in [-0.2, 0) is 0 Å². The number of hydrogen-bond donors (Lipinski definition) is 1. The molecule has 0 aliphatic heterocycles. The van der Waals surface area contributed by atoms with Gasteiger partial charge in [-0.05, 0) is 29.3 Å². The van der Waals surface area contributed by atoms with Crippen molar-refractivity contribution in [1.82, 2.24) is 0 Å². The molecule has 0 radical (unpaired) electrons. The molecule has 0 aromatic heterocycles. The van der Waals surface area contributed by atoms with Crippen molar-refractivity contribution in [2.75, 3.05) is 0 Å². The first kappa shape index (κ1) is 19.0. The third-order valence-electron chi connectivity index (χ3n) is 1.65. The van der Waals surface area contributed by atoms with E-state index < -0.39 is 34.6 Å². The molecule has 0 atom stereocenters. The number of aromatic carboxylic acids is 3. The van der Waals surface area contributed by atoms with Gasteiger partial charge in [-0.1, -0.05) is 0 Å². The van der Waals surface area contributed by atoms with Crippen LogP contribution in [0.4, 0.5) is 0 Å². The van der Waals surface area contributed by atoms with E-state index in [-0.39, 0.29) is 59.1 Å². The topological polar surface area (TPSA) is 118 Å². The molecule has 1 N–H and O–H groups in total. The summed E-state index contributed by atoms with van der Waals surface area (Å²) in [6, 6.07) is 2.39. The molecule has 0 heterocycles. The summed E-state index contributed by atoms with van der Waals surface area (Å²) in [5, 5.41) is 29.4. The smallest absolute Gasteiger partial charge is 0.545 e. The molecule has 1 rings (SSSR count). The van der Waals surface area contributed by atoms with Crippen molar-refractivity contribution in [2.45, 2.75) is 0 Å². The van der Waals surface area contributed by atoms with Crippen LogP contribution in [0.2, 0.25) is 0 Å². The Morgan fingerprint density at radius 1 is 0.824 bits per heavy atom. The minimum absolute atomic E-state index is 0. The molecule has 8 heteroatoms. The molecule has 0 saturated carbocycles. The Morgan fingerprint density at radius 2 is 1.12 bits per heavy atom. The van der Waals surface area contributed by atoms with Crippen molar-refractivity contribution >= 4 is 17.9 Å². The van der Waals surface area contributed by atoms with Crippen LogP contribution in [0.3, 0.4) is 0 Å². The van der Waals surface area contributed by atoms with Crippen LogP contribution < -0.4 is 69.3 Å². The summed E-state index contributed by atoms with van der Waals surface area (Å²) in [4.78, 5) is 31.4. The standard InChI is InChI=1S/C9H6O6.2Na/c10-7(11)4-1-5(8(12)13)3-6(2-4)9(14)15;;/h1-3H,(H,10,11)(H,12,13)(H,14,15);;/q;2*+1/p-2. The summed E-state index contributed by atoms with van der Waals surface area (Å²) in [5.74, 6) is -4.73. The molecule has 6 nitrogen and oxygen atoms in total. The normalized spacial score (nSPS) is 8.47.